The Bertz CT molecular complexity index is 1360. The molecule has 1 aromatic heterocycles. The maximum absolute atomic E-state index is 14.2. The number of hydrogen-bond donors (Lipinski definition) is 0. The molecule has 34 heavy (non-hydrogen) atoms. The first-order valence-electron chi connectivity index (χ1n) is 9.39. The highest BCUT2D eigenvalue weighted by molar-refractivity contribution is 7.91. The van der Waals surface area contributed by atoms with Crippen molar-refractivity contribution in [3.8, 4) is 23.4 Å². The Kier molecular flexibility index (Phi) is 7.72. The highest BCUT2D eigenvalue weighted by Crippen LogP contribution is 2.35. The van der Waals surface area contributed by atoms with E-state index in [0.29, 0.717) is 12.1 Å². The van der Waals surface area contributed by atoms with E-state index < -0.39 is 56.1 Å². The van der Waals surface area contributed by atoms with Crippen LogP contribution >= 0.6 is 11.6 Å². The highest BCUT2D eigenvalue weighted by Gasteiger charge is 2.21. The second kappa shape index (κ2) is 10.3. The first-order valence-corrected chi connectivity index (χ1v) is 11.9. The number of ether oxygens (including phenoxy) is 2. The molecule has 0 aliphatic rings. The number of hydrogen-bond acceptors (Lipinski definition) is 7. The predicted octanol–water partition coefficient (Wildman–Crippen LogP) is 5.36. The van der Waals surface area contributed by atoms with Crippen LogP contribution < -0.4 is 9.47 Å². The average Bonchev–Trinajstić information content (AvgIpc) is 2.71. The zero-order valence-electron chi connectivity index (χ0n) is 17.6. The number of aromatic nitrogens is 2. The lowest BCUT2D eigenvalue weighted by Gasteiger charge is -2.14. The molecule has 3 aromatic rings. The summed E-state index contributed by atoms with van der Waals surface area (Å²) >= 11 is 6.28. The second-order valence-electron chi connectivity index (χ2n) is 7.04. The molecule has 1 atom stereocenters. The van der Waals surface area contributed by atoms with Crippen LogP contribution in [0.5, 0.6) is 23.4 Å². The van der Waals surface area contributed by atoms with Crippen LogP contribution in [0.3, 0.4) is 0 Å². The average molecular weight is 518 g/mol. The summed E-state index contributed by atoms with van der Waals surface area (Å²) < 4.78 is 88.1. The Morgan fingerprint density at radius 2 is 1.59 bits per heavy atom. The van der Waals surface area contributed by atoms with Crippen LogP contribution in [0.1, 0.15) is 18.0 Å². The van der Waals surface area contributed by atoms with Gasteiger partial charge in [0, 0.05) is 30.3 Å². The normalized spacial score (nSPS) is 13.0. The van der Waals surface area contributed by atoms with Crippen LogP contribution in [0.25, 0.3) is 0 Å². The first-order chi connectivity index (χ1) is 15.9. The van der Waals surface area contributed by atoms with Gasteiger partial charge in [0.25, 0.3) is 0 Å². The molecule has 180 valence electrons. The number of aliphatic imine (C=N–C) groups is 1. The van der Waals surface area contributed by atoms with Gasteiger partial charge in [-0.15, -0.1) is 0 Å². The SMILES string of the molecule is CC(CS(C)(=O)=O)=NC(Cl)c1cnc(Oc2ccc(F)cc2F)nc1Oc1ccc(F)cc1F. The Morgan fingerprint density at radius 1 is 1.03 bits per heavy atom. The summed E-state index contributed by atoms with van der Waals surface area (Å²) in [6, 6.07) is 4.59. The standard InChI is InChI=1S/C21H16ClF4N3O4S/c1-11(10-34(2,30)31)28-19(22)14-9-27-21(33-18-6-4-13(24)8-16(18)26)29-20(14)32-17-5-3-12(23)7-15(17)25/h3-9,19H,10H2,1-2H3. The third-order valence-electron chi connectivity index (χ3n) is 4.02. The van der Waals surface area contributed by atoms with Crippen LogP contribution in [0.15, 0.2) is 47.6 Å². The van der Waals surface area contributed by atoms with Crippen molar-refractivity contribution in [3.63, 3.8) is 0 Å². The van der Waals surface area contributed by atoms with E-state index >= 15 is 0 Å². The molecule has 0 saturated carbocycles. The predicted molar refractivity (Wildman–Crippen MR) is 116 cm³/mol. The maximum Gasteiger partial charge on any atom is 0.325 e. The molecule has 0 spiro atoms. The Labute approximate surface area is 197 Å². The molecule has 0 aliphatic heterocycles. The third-order valence-corrected chi connectivity index (χ3v) is 5.29. The minimum Gasteiger partial charge on any atom is -0.435 e. The minimum absolute atomic E-state index is 0.0230. The van der Waals surface area contributed by atoms with Crippen LogP contribution in [-0.4, -0.2) is 36.1 Å². The summed E-state index contributed by atoms with van der Waals surface area (Å²) in [5.74, 6) is -5.35. The zero-order valence-corrected chi connectivity index (χ0v) is 19.2. The molecular formula is C21H16ClF4N3O4S. The molecular weight excluding hydrogens is 502 g/mol. The fraction of sp³-hybridized carbons (Fsp3) is 0.190. The van der Waals surface area contributed by atoms with Crippen molar-refractivity contribution in [1.82, 2.24) is 9.97 Å². The van der Waals surface area contributed by atoms with Crippen LogP contribution in [0, 0.1) is 23.3 Å². The fourth-order valence-electron chi connectivity index (χ4n) is 2.65. The van der Waals surface area contributed by atoms with Gasteiger partial charge in [0.1, 0.15) is 11.6 Å². The Balaban J connectivity index is 2.00. The van der Waals surface area contributed by atoms with Gasteiger partial charge in [0.2, 0.25) is 5.88 Å². The minimum atomic E-state index is -3.39. The first kappa shape index (κ1) is 25.4. The number of alkyl halides is 1. The molecule has 7 nitrogen and oxygen atoms in total. The molecule has 1 unspecified atom stereocenters. The number of sulfone groups is 1. The van der Waals surface area contributed by atoms with Crippen molar-refractivity contribution in [2.45, 2.75) is 12.4 Å². The van der Waals surface area contributed by atoms with Crippen molar-refractivity contribution < 1.29 is 35.5 Å². The summed E-state index contributed by atoms with van der Waals surface area (Å²) in [5.41, 5.74) is -1.13. The lowest BCUT2D eigenvalue weighted by Crippen LogP contribution is -2.12. The molecule has 0 N–H and O–H groups in total. The molecule has 0 radical (unpaired) electrons. The van der Waals surface area contributed by atoms with Gasteiger partial charge < -0.3 is 9.47 Å². The van der Waals surface area contributed by atoms with Crippen molar-refractivity contribution >= 4 is 27.1 Å². The van der Waals surface area contributed by atoms with Crippen LogP contribution in [0.2, 0.25) is 0 Å². The lowest BCUT2D eigenvalue weighted by molar-refractivity contribution is 0.379. The van der Waals surface area contributed by atoms with Crippen molar-refractivity contribution in [2.24, 2.45) is 4.99 Å². The topological polar surface area (TPSA) is 90.7 Å². The smallest absolute Gasteiger partial charge is 0.325 e. The van der Waals surface area contributed by atoms with Gasteiger partial charge in [0.05, 0.1) is 11.3 Å². The second-order valence-corrected chi connectivity index (χ2v) is 9.59. The molecule has 0 bridgehead atoms. The van der Waals surface area contributed by atoms with Crippen molar-refractivity contribution in [1.29, 1.82) is 0 Å². The summed E-state index contributed by atoms with van der Waals surface area (Å²) in [5, 5.41) is 0. The van der Waals surface area contributed by atoms with Gasteiger partial charge in [0.15, 0.2) is 38.5 Å². The van der Waals surface area contributed by atoms with E-state index in [1.165, 1.54) is 6.92 Å². The summed E-state index contributed by atoms with van der Waals surface area (Å²) in [4.78, 5) is 11.9. The van der Waals surface area contributed by atoms with E-state index in [0.717, 1.165) is 36.7 Å². The number of halogens is 5. The Hall–Kier alpha value is -3.25. The van der Waals surface area contributed by atoms with E-state index in [1.807, 2.05) is 0 Å². The third kappa shape index (κ3) is 6.87. The molecule has 1 heterocycles. The van der Waals surface area contributed by atoms with Gasteiger partial charge >= 0.3 is 6.01 Å². The lowest BCUT2D eigenvalue weighted by atomic mass is 10.3. The van der Waals surface area contributed by atoms with E-state index in [9.17, 15) is 26.0 Å². The zero-order chi connectivity index (χ0) is 25.0. The van der Waals surface area contributed by atoms with E-state index in [1.54, 1.807) is 0 Å². The maximum atomic E-state index is 14.2. The molecule has 0 amide bonds. The van der Waals surface area contributed by atoms with E-state index in [4.69, 9.17) is 21.1 Å². The van der Waals surface area contributed by atoms with Gasteiger partial charge in [-0.1, -0.05) is 11.6 Å². The fourth-order valence-corrected chi connectivity index (χ4v) is 3.80. The van der Waals surface area contributed by atoms with Gasteiger partial charge in [-0.3, -0.25) is 4.99 Å². The number of rotatable bonds is 8. The van der Waals surface area contributed by atoms with Gasteiger partial charge in [-0.25, -0.2) is 31.0 Å². The quantitative estimate of drug-likeness (QED) is 0.173. The highest BCUT2D eigenvalue weighted by atomic mass is 35.5. The Morgan fingerprint density at radius 3 is 2.12 bits per heavy atom. The number of nitrogens with zero attached hydrogens (tertiary/aromatic N) is 3. The molecule has 3 rings (SSSR count). The molecule has 13 heteroatoms. The van der Waals surface area contributed by atoms with Gasteiger partial charge in [-0.05, 0) is 31.2 Å². The van der Waals surface area contributed by atoms with E-state index in [2.05, 4.69) is 15.0 Å². The van der Waals surface area contributed by atoms with Crippen molar-refractivity contribution in [3.05, 3.63) is 71.4 Å². The van der Waals surface area contributed by atoms with Crippen molar-refractivity contribution in [2.75, 3.05) is 12.0 Å². The van der Waals surface area contributed by atoms with E-state index in [-0.39, 0.29) is 22.9 Å². The van der Waals surface area contributed by atoms with Gasteiger partial charge in [-0.2, -0.15) is 4.98 Å². The largest absolute Gasteiger partial charge is 0.435 e. The number of benzene rings is 2. The summed E-state index contributed by atoms with van der Waals surface area (Å²) in [7, 11) is -3.39. The summed E-state index contributed by atoms with van der Waals surface area (Å²) in [6.45, 7) is 1.44. The molecule has 0 fully saturated rings. The molecule has 2 aromatic carbocycles. The molecule has 0 saturated heterocycles. The monoisotopic (exact) mass is 517 g/mol. The van der Waals surface area contributed by atoms with Crippen LogP contribution in [0.4, 0.5) is 17.6 Å². The molecule has 0 aliphatic carbocycles. The summed E-state index contributed by atoms with van der Waals surface area (Å²) in [6.07, 6.45) is 2.11. The van der Waals surface area contributed by atoms with Crippen LogP contribution in [-0.2, 0) is 9.84 Å².